The van der Waals surface area contributed by atoms with Gasteiger partial charge in [-0.05, 0) is 98.8 Å². The van der Waals surface area contributed by atoms with E-state index in [4.69, 9.17) is 11.3 Å². The van der Waals surface area contributed by atoms with Gasteiger partial charge < -0.3 is 9.32 Å². The highest BCUT2D eigenvalue weighted by atomic mass is 16.3. The summed E-state index contributed by atoms with van der Waals surface area (Å²) in [5.41, 5.74) is 9.43. The molecule has 0 aliphatic rings. The minimum absolute atomic E-state index is 0.191. The lowest BCUT2D eigenvalue weighted by Gasteiger charge is -2.26. The third-order valence-corrected chi connectivity index (χ3v) is 8.94. The van der Waals surface area contributed by atoms with Gasteiger partial charge >= 0.3 is 0 Å². The number of anilines is 3. The van der Waals surface area contributed by atoms with Crippen molar-refractivity contribution in [1.82, 2.24) is 0 Å². The number of hydrogen-bond donors (Lipinski definition) is 0. The number of benzene rings is 8. The minimum atomic E-state index is -0.404. The molecule has 0 radical (unpaired) electrons. The van der Waals surface area contributed by atoms with Crippen molar-refractivity contribution >= 4 is 49.8 Å². The van der Waals surface area contributed by atoms with Crippen LogP contribution in [0.2, 0.25) is 0 Å². The van der Waals surface area contributed by atoms with E-state index in [2.05, 4.69) is 83.8 Å². The maximum atomic E-state index is 8.74. The summed E-state index contributed by atoms with van der Waals surface area (Å²) in [5.74, 6) is 0. The van der Waals surface area contributed by atoms with E-state index in [-0.39, 0.29) is 29.7 Å². The number of furan rings is 1. The van der Waals surface area contributed by atoms with Crippen molar-refractivity contribution in [2.24, 2.45) is 0 Å². The summed E-state index contributed by atoms with van der Waals surface area (Å²) in [4.78, 5) is 2.25. The standard InChI is InChI=1S/C46H31NO/c1-3-12-32(13-4-1)33-22-26-38(27-23-33)47(43-19-11-21-45-46(43)41-18-9-10-20-44(41)48-45)39-28-24-34(25-29-39)37-30-36-16-7-8-17-40(36)42(31-37)35-14-5-2-6-15-35/h1-31H/i2D,5D,6D,14D,15D. The van der Waals surface area contributed by atoms with Crippen LogP contribution in [-0.2, 0) is 0 Å². The Morgan fingerprint density at radius 1 is 0.438 bits per heavy atom. The van der Waals surface area contributed by atoms with Gasteiger partial charge in [-0.3, -0.25) is 0 Å². The molecule has 1 heterocycles. The molecule has 2 nitrogen and oxygen atoms in total. The SMILES string of the molecule is [2H]c1c([2H])c([2H])c(-c2cc(-c3ccc(N(c4ccc(-c5ccccc5)cc4)c4cccc5oc6ccccc6c45)cc3)cc3ccccc23)c([2H])c1[2H]. The molecule has 0 saturated heterocycles. The van der Waals surface area contributed by atoms with Gasteiger partial charge in [0.15, 0.2) is 0 Å². The average Bonchev–Trinajstić information content (AvgIpc) is 3.60. The minimum Gasteiger partial charge on any atom is -0.456 e. The van der Waals surface area contributed by atoms with Gasteiger partial charge in [-0.2, -0.15) is 0 Å². The van der Waals surface area contributed by atoms with Crippen LogP contribution in [0.3, 0.4) is 0 Å². The maximum Gasteiger partial charge on any atom is 0.137 e. The predicted octanol–water partition coefficient (Wildman–Crippen LogP) is 13.2. The fourth-order valence-corrected chi connectivity index (χ4v) is 6.67. The first-order chi connectivity index (χ1) is 25.9. The number of rotatable bonds is 6. The molecule has 0 N–H and O–H groups in total. The van der Waals surface area contributed by atoms with E-state index < -0.39 is 6.04 Å². The van der Waals surface area contributed by atoms with Crippen LogP contribution in [0, 0.1) is 0 Å². The second kappa shape index (κ2) is 11.8. The van der Waals surface area contributed by atoms with Gasteiger partial charge in [-0.25, -0.2) is 0 Å². The first-order valence-electron chi connectivity index (χ1n) is 18.4. The van der Waals surface area contributed by atoms with Gasteiger partial charge in [0.2, 0.25) is 0 Å². The molecular weight excluding hydrogens is 583 g/mol. The highest BCUT2D eigenvalue weighted by Crippen LogP contribution is 2.44. The molecular formula is C46H31NO. The monoisotopic (exact) mass is 618 g/mol. The van der Waals surface area contributed by atoms with Crippen molar-refractivity contribution in [2.75, 3.05) is 4.90 Å². The summed E-state index contributed by atoms with van der Waals surface area (Å²) in [7, 11) is 0. The lowest BCUT2D eigenvalue weighted by molar-refractivity contribution is 0.669. The van der Waals surface area contributed by atoms with E-state index in [1.165, 1.54) is 0 Å². The quantitative estimate of drug-likeness (QED) is 0.184. The van der Waals surface area contributed by atoms with Crippen molar-refractivity contribution in [2.45, 2.75) is 0 Å². The lowest BCUT2D eigenvalue weighted by atomic mass is 9.93. The molecule has 48 heavy (non-hydrogen) atoms. The molecule has 9 aromatic rings. The molecule has 0 bridgehead atoms. The van der Waals surface area contributed by atoms with Gasteiger partial charge in [-0.1, -0.05) is 133 Å². The average molecular weight is 619 g/mol. The molecule has 1 aromatic heterocycles. The summed E-state index contributed by atoms with van der Waals surface area (Å²) in [6.45, 7) is 0. The Morgan fingerprint density at radius 3 is 1.79 bits per heavy atom. The molecule has 0 unspecified atom stereocenters. The molecule has 0 saturated carbocycles. The van der Waals surface area contributed by atoms with E-state index in [1.807, 2.05) is 78.9 Å². The van der Waals surface area contributed by atoms with Crippen molar-refractivity contribution in [3.05, 3.63) is 188 Å². The van der Waals surface area contributed by atoms with Crippen LogP contribution in [0.25, 0.3) is 66.1 Å². The van der Waals surface area contributed by atoms with E-state index in [0.717, 1.165) is 72.0 Å². The van der Waals surface area contributed by atoms with E-state index in [9.17, 15) is 0 Å². The van der Waals surface area contributed by atoms with Gasteiger partial charge in [0.25, 0.3) is 0 Å². The fraction of sp³-hybridized carbons (Fsp3) is 0. The van der Waals surface area contributed by atoms with Crippen molar-refractivity contribution < 1.29 is 11.3 Å². The van der Waals surface area contributed by atoms with E-state index in [0.29, 0.717) is 5.56 Å². The second-order valence-corrected chi connectivity index (χ2v) is 11.8. The highest BCUT2D eigenvalue weighted by Gasteiger charge is 2.19. The summed E-state index contributed by atoms with van der Waals surface area (Å²) in [6.07, 6.45) is 0. The Labute approximate surface area is 286 Å². The van der Waals surface area contributed by atoms with Crippen LogP contribution in [0.1, 0.15) is 6.85 Å². The molecule has 8 aromatic carbocycles. The van der Waals surface area contributed by atoms with Gasteiger partial charge in [0.05, 0.1) is 17.9 Å². The van der Waals surface area contributed by atoms with Crippen LogP contribution < -0.4 is 4.90 Å². The molecule has 0 amide bonds. The van der Waals surface area contributed by atoms with Crippen molar-refractivity contribution in [3.8, 4) is 33.4 Å². The zero-order chi connectivity index (χ0) is 36.2. The van der Waals surface area contributed by atoms with Crippen molar-refractivity contribution in [1.29, 1.82) is 0 Å². The normalized spacial score (nSPS) is 12.8. The highest BCUT2D eigenvalue weighted by molar-refractivity contribution is 6.13. The molecule has 0 spiro atoms. The number of nitrogens with zero attached hydrogens (tertiary/aromatic N) is 1. The molecule has 2 heteroatoms. The van der Waals surface area contributed by atoms with Crippen LogP contribution in [0.5, 0.6) is 0 Å². The van der Waals surface area contributed by atoms with E-state index >= 15 is 0 Å². The smallest absolute Gasteiger partial charge is 0.137 e. The number of fused-ring (bicyclic) bond motifs is 4. The summed E-state index contributed by atoms with van der Waals surface area (Å²) < 4.78 is 48.6. The molecule has 0 aliphatic carbocycles. The predicted molar refractivity (Wildman–Crippen MR) is 202 cm³/mol. The summed E-state index contributed by atoms with van der Waals surface area (Å²) in [5, 5.41) is 3.79. The fourth-order valence-electron chi connectivity index (χ4n) is 6.67. The largest absolute Gasteiger partial charge is 0.456 e. The lowest BCUT2D eigenvalue weighted by Crippen LogP contribution is -2.10. The Hall–Kier alpha value is -6.38. The molecule has 0 fully saturated rings. The Morgan fingerprint density at radius 2 is 1.04 bits per heavy atom. The first kappa shape index (κ1) is 23.0. The Bertz CT molecular complexity index is 2800. The third-order valence-electron chi connectivity index (χ3n) is 8.94. The summed E-state index contributed by atoms with van der Waals surface area (Å²) >= 11 is 0. The zero-order valence-electron chi connectivity index (χ0n) is 30.9. The van der Waals surface area contributed by atoms with Crippen molar-refractivity contribution in [3.63, 3.8) is 0 Å². The molecule has 0 aliphatic heterocycles. The molecule has 9 rings (SSSR count). The van der Waals surface area contributed by atoms with Gasteiger partial charge in [0, 0.05) is 16.8 Å². The summed E-state index contributed by atoms with van der Waals surface area (Å²) in [6, 6.07) is 51.8. The second-order valence-electron chi connectivity index (χ2n) is 11.8. The van der Waals surface area contributed by atoms with Crippen LogP contribution in [-0.4, -0.2) is 0 Å². The van der Waals surface area contributed by atoms with Crippen LogP contribution in [0.15, 0.2) is 192 Å². The van der Waals surface area contributed by atoms with E-state index in [1.54, 1.807) is 0 Å². The first-order valence-corrected chi connectivity index (χ1v) is 15.9. The third kappa shape index (κ3) is 4.92. The number of para-hydroxylation sites is 1. The zero-order valence-corrected chi connectivity index (χ0v) is 25.9. The Balaban J connectivity index is 1.20. The molecule has 0 atom stereocenters. The topological polar surface area (TPSA) is 16.4 Å². The molecule has 226 valence electrons. The maximum absolute atomic E-state index is 8.74. The number of hydrogen-bond acceptors (Lipinski definition) is 2. The Kier molecular flexibility index (Phi) is 5.64. The van der Waals surface area contributed by atoms with Crippen LogP contribution >= 0.6 is 0 Å². The van der Waals surface area contributed by atoms with Crippen LogP contribution in [0.4, 0.5) is 17.1 Å². The van der Waals surface area contributed by atoms with Gasteiger partial charge in [0.1, 0.15) is 11.2 Å². The van der Waals surface area contributed by atoms with Gasteiger partial charge in [-0.15, -0.1) is 0 Å².